The molecule has 7 nitrogen and oxygen atoms in total. The van der Waals surface area contributed by atoms with Gasteiger partial charge in [-0.05, 0) is 61.4 Å². The van der Waals surface area contributed by atoms with Gasteiger partial charge < -0.3 is 15.0 Å². The molecule has 0 aliphatic carbocycles. The number of benzene rings is 3. The molecule has 1 aliphatic heterocycles. The van der Waals surface area contributed by atoms with Gasteiger partial charge >= 0.3 is 0 Å². The van der Waals surface area contributed by atoms with E-state index in [0.717, 1.165) is 16.9 Å². The number of carbonyl (C=O) groups excluding carboxylic acids is 1. The third-order valence-electron chi connectivity index (χ3n) is 5.56. The quantitative estimate of drug-likeness (QED) is 0.456. The fourth-order valence-corrected chi connectivity index (χ4v) is 4.01. The number of hydrogen-bond acceptors (Lipinski definition) is 5. The van der Waals surface area contributed by atoms with E-state index in [4.69, 9.17) is 4.74 Å². The number of non-ortho nitro benzene ring substituents is 1. The number of nitro groups is 1. The zero-order chi connectivity index (χ0) is 22.0. The summed E-state index contributed by atoms with van der Waals surface area (Å²) < 4.78 is 5.19. The first-order valence-corrected chi connectivity index (χ1v) is 10.1. The number of carbonyl (C=O) groups is 1. The third-order valence-corrected chi connectivity index (χ3v) is 5.56. The van der Waals surface area contributed by atoms with E-state index < -0.39 is 4.92 Å². The lowest BCUT2D eigenvalue weighted by Gasteiger charge is -2.40. The predicted molar refractivity (Wildman–Crippen MR) is 120 cm³/mol. The molecular formula is C24H23N3O4. The Hall–Kier alpha value is -3.87. The van der Waals surface area contributed by atoms with Gasteiger partial charge in [0.2, 0.25) is 0 Å². The first kappa shape index (κ1) is 20.4. The van der Waals surface area contributed by atoms with Gasteiger partial charge in [0.05, 0.1) is 18.1 Å². The number of nitro benzene ring substituents is 1. The molecule has 0 saturated carbocycles. The molecule has 4 rings (SSSR count). The Morgan fingerprint density at radius 3 is 2.39 bits per heavy atom. The molecule has 7 heteroatoms. The van der Waals surface area contributed by atoms with Crippen LogP contribution >= 0.6 is 0 Å². The highest BCUT2D eigenvalue weighted by atomic mass is 16.6. The second kappa shape index (κ2) is 8.47. The van der Waals surface area contributed by atoms with Crippen LogP contribution in [-0.2, 0) is 0 Å². The Bertz CT molecular complexity index is 1100. The lowest BCUT2D eigenvalue weighted by atomic mass is 9.90. The van der Waals surface area contributed by atoms with Crippen molar-refractivity contribution >= 4 is 23.0 Å². The number of hydrogen-bond donors (Lipinski definition) is 1. The van der Waals surface area contributed by atoms with Crippen molar-refractivity contribution < 1.29 is 14.5 Å². The van der Waals surface area contributed by atoms with E-state index in [2.05, 4.69) is 5.32 Å². The molecule has 3 aromatic rings. The van der Waals surface area contributed by atoms with Crippen LogP contribution in [0.2, 0.25) is 0 Å². The van der Waals surface area contributed by atoms with Gasteiger partial charge in [0, 0.05) is 35.1 Å². The van der Waals surface area contributed by atoms with Crippen LogP contribution in [-0.4, -0.2) is 24.0 Å². The summed E-state index contributed by atoms with van der Waals surface area (Å²) in [6.45, 7) is 2.03. The number of nitrogens with one attached hydrogen (secondary N) is 1. The van der Waals surface area contributed by atoms with Gasteiger partial charge in [0.25, 0.3) is 11.6 Å². The highest BCUT2D eigenvalue weighted by Gasteiger charge is 2.34. The number of nitrogens with zero attached hydrogens (tertiary/aromatic N) is 2. The molecule has 0 aromatic heterocycles. The Morgan fingerprint density at radius 1 is 1.06 bits per heavy atom. The minimum absolute atomic E-state index is 0.0208. The molecule has 0 saturated heterocycles. The lowest BCUT2D eigenvalue weighted by molar-refractivity contribution is -0.384. The normalized spacial score (nSPS) is 17.5. The number of rotatable bonds is 5. The van der Waals surface area contributed by atoms with Crippen LogP contribution in [0.5, 0.6) is 5.75 Å². The Kier molecular flexibility index (Phi) is 5.58. The van der Waals surface area contributed by atoms with E-state index in [1.165, 1.54) is 12.1 Å². The molecule has 0 bridgehead atoms. The average molecular weight is 417 g/mol. The van der Waals surface area contributed by atoms with Crippen LogP contribution < -0.4 is 15.0 Å². The number of fused-ring (bicyclic) bond motifs is 1. The molecular weight excluding hydrogens is 394 g/mol. The fourth-order valence-electron chi connectivity index (χ4n) is 4.01. The maximum absolute atomic E-state index is 13.3. The minimum Gasteiger partial charge on any atom is -0.497 e. The molecule has 1 N–H and O–H groups in total. The lowest BCUT2D eigenvalue weighted by Crippen LogP contribution is -2.44. The fraction of sp³-hybridized carbons (Fsp3) is 0.208. The average Bonchev–Trinajstić information content (AvgIpc) is 2.79. The number of ether oxygens (including phenoxy) is 1. The summed E-state index contributed by atoms with van der Waals surface area (Å²) >= 11 is 0. The summed E-state index contributed by atoms with van der Waals surface area (Å²) in [4.78, 5) is 25.7. The van der Waals surface area contributed by atoms with Gasteiger partial charge in [-0.15, -0.1) is 0 Å². The van der Waals surface area contributed by atoms with Crippen molar-refractivity contribution in [3.63, 3.8) is 0 Å². The molecule has 2 unspecified atom stereocenters. The zero-order valence-electron chi connectivity index (χ0n) is 17.3. The summed E-state index contributed by atoms with van der Waals surface area (Å²) in [5.41, 5.74) is 3.33. The van der Waals surface area contributed by atoms with Crippen LogP contribution in [0, 0.1) is 10.1 Å². The topological polar surface area (TPSA) is 84.7 Å². The van der Waals surface area contributed by atoms with Crippen LogP contribution in [0.3, 0.4) is 0 Å². The molecule has 0 radical (unpaired) electrons. The van der Waals surface area contributed by atoms with Crippen molar-refractivity contribution in [3.8, 4) is 5.75 Å². The van der Waals surface area contributed by atoms with Gasteiger partial charge in [0.15, 0.2) is 0 Å². The molecule has 0 fully saturated rings. The second-order valence-electron chi connectivity index (χ2n) is 7.55. The number of methoxy groups -OCH3 is 1. The van der Waals surface area contributed by atoms with E-state index in [0.29, 0.717) is 17.7 Å². The molecule has 1 amide bonds. The van der Waals surface area contributed by atoms with Crippen molar-refractivity contribution in [2.24, 2.45) is 0 Å². The van der Waals surface area contributed by atoms with Crippen LogP contribution in [0.1, 0.15) is 35.3 Å². The Labute approximate surface area is 180 Å². The Morgan fingerprint density at radius 2 is 1.74 bits per heavy atom. The maximum Gasteiger partial charge on any atom is 0.269 e. The molecule has 1 aliphatic rings. The molecule has 0 spiro atoms. The second-order valence-corrected chi connectivity index (χ2v) is 7.55. The summed E-state index contributed by atoms with van der Waals surface area (Å²) in [5, 5.41) is 14.4. The highest BCUT2D eigenvalue weighted by Crippen LogP contribution is 2.39. The van der Waals surface area contributed by atoms with Crippen molar-refractivity contribution in [1.29, 1.82) is 0 Å². The van der Waals surface area contributed by atoms with Crippen molar-refractivity contribution in [2.45, 2.75) is 25.4 Å². The van der Waals surface area contributed by atoms with Gasteiger partial charge in [-0.2, -0.15) is 0 Å². The third kappa shape index (κ3) is 4.07. The highest BCUT2D eigenvalue weighted by molar-refractivity contribution is 6.07. The van der Waals surface area contributed by atoms with Gasteiger partial charge in [-0.1, -0.05) is 18.2 Å². The minimum atomic E-state index is -0.412. The predicted octanol–water partition coefficient (Wildman–Crippen LogP) is 5.20. The van der Waals surface area contributed by atoms with Gasteiger partial charge in [-0.3, -0.25) is 14.9 Å². The maximum atomic E-state index is 13.3. The molecule has 31 heavy (non-hydrogen) atoms. The number of para-hydroxylation sites is 1. The number of anilines is 2. The van der Waals surface area contributed by atoms with E-state index in [1.807, 2.05) is 36.1 Å². The Balaban J connectivity index is 1.62. The first-order valence-electron chi connectivity index (χ1n) is 10.1. The largest absolute Gasteiger partial charge is 0.497 e. The molecule has 1 heterocycles. The van der Waals surface area contributed by atoms with Gasteiger partial charge in [-0.25, -0.2) is 0 Å². The first-order chi connectivity index (χ1) is 15.0. The van der Waals surface area contributed by atoms with Gasteiger partial charge in [0.1, 0.15) is 5.75 Å². The molecule has 158 valence electrons. The van der Waals surface area contributed by atoms with E-state index in [1.54, 1.807) is 43.5 Å². The van der Waals surface area contributed by atoms with E-state index >= 15 is 0 Å². The number of amides is 1. The zero-order valence-corrected chi connectivity index (χ0v) is 17.3. The van der Waals surface area contributed by atoms with Crippen LogP contribution in [0.25, 0.3) is 0 Å². The van der Waals surface area contributed by atoms with Crippen molar-refractivity contribution in [1.82, 2.24) is 0 Å². The van der Waals surface area contributed by atoms with Crippen molar-refractivity contribution in [3.05, 3.63) is 94.0 Å². The molecule has 3 aromatic carbocycles. The summed E-state index contributed by atoms with van der Waals surface area (Å²) in [5.74, 6) is 0.646. The summed E-state index contributed by atoms with van der Waals surface area (Å²) in [7, 11) is 1.60. The standard InChI is InChI=1S/C24H23N3O4/c1-16-15-22(25-18-9-11-19(12-10-18)27(29)30)21-5-3-4-6-23(21)26(16)24(28)17-7-13-20(31-2)14-8-17/h3-14,16,22,25H,15H2,1-2H3. The van der Waals surface area contributed by atoms with Crippen LogP contribution in [0.4, 0.5) is 17.1 Å². The SMILES string of the molecule is COc1ccc(C(=O)N2c3ccccc3C(Nc3ccc([N+](=O)[O-])cc3)CC2C)cc1. The van der Waals surface area contributed by atoms with E-state index in [-0.39, 0.29) is 23.7 Å². The summed E-state index contributed by atoms with van der Waals surface area (Å²) in [6, 6.07) is 21.3. The monoisotopic (exact) mass is 417 g/mol. The van der Waals surface area contributed by atoms with E-state index in [9.17, 15) is 14.9 Å². The summed E-state index contributed by atoms with van der Waals surface area (Å²) in [6.07, 6.45) is 0.704. The smallest absolute Gasteiger partial charge is 0.269 e. The van der Waals surface area contributed by atoms with Crippen LogP contribution in [0.15, 0.2) is 72.8 Å². The van der Waals surface area contributed by atoms with Crippen molar-refractivity contribution in [2.75, 3.05) is 17.3 Å². The molecule has 2 atom stereocenters.